The van der Waals surface area contributed by atoms with E-state index in [2.05, 4.69) is 82.3 Å². The van der Waals surface area contributed by atoms with Gasteiger partial charge in [-0.25, -0.2) is 0 Å². The van der Waals surface area contributed by atoms with Crippen LogP contribution in [0.15, 0.2) is 85.2 Å². The first kappa shape index (κ1) is 14.0. The lowest BCUT2D eigenvalue weighted by Gasteiger charge is -2.09. The molecule has 3 heteroatoms. The maximum Gasteiger partial charge on any atom is 0.0738 e. The number of fused-ring (bicyclic) bond motifs is 6. The van der Waals surface area contributed by atoms with Crippen LogP contribution in [0.5, 0.6) is 0 Å². The van der Waals surface area contributed by atoms with E-state index in [9.17, 15) is 0 Å². The fourth-order valence-corrected chi connectivity index (χ4v) is 5.10. The first-order chi connectivity index (χ1) is 12.9. The predicted molar refractivity (Wildman–Crippen MR) is 111 cm³/mol. The third-order valence-electron chi connectivity index (χ3n) is 5.09. The van der Waals surface area contributed by atoms with Gasteiger partial charge < -0.3 is 4.57 Å². The van der Waals surface area contributed by atoms with Crippen LogP contribution >= 0.6 is 11.3 Å². The summed E-state index contributed by atoms with van der Waals surface area (Å²) >= 11 is 1.81. The standard InChI is InChI=1S/C23H14N2S/c1-4-10-18-15(7-1)16-8-2-5-11-19(16)25(18)20-13-24-14-22-23(20)17-9-3-6-12-21(17)26-22/h1-14H. The van der Waals surface area contributed by atoms with Crippen molar-refractivity contribution in [3.8, 4) is 5.69 Å². The van der Waals surface area contributed by atoms with Crippen molar-refractivity contribution in [2.24, 2.45) is 0 Å². The number of pyridine rings is 1. The summed E-state index contributed by atoms with van der Waals surface area (Å²) in [6.45, 7) is 0. The Hall–Kier alpha value is -3.17. The maximum absolute atomic E-state index is 4.57. The number of hydrogen-bond acceptors (Lipinski definition) is 2. The van der Waals surface area contributed by atoms with Gasteiger partial charge in [-0.15, -0.1) is 11.3 Å². The quantitative estimate of drug-likeness (QED) is 0.329. The molecule has 0 saturated heterocycles. The van der Waals surface area contributed by atoms with E-state index in [0.29, 0.717) is 0 Å². The van der Waals surface area contributed by atoms with E-state index in [1.807, 2.05) is 23.7 Å². The summed E-state index contributed by atoms with van der Waals surface area (Å²) in [6.07, 6.45) is 3.98. The van der Waals surface area contributed by atoms with Crippen molar-refractivity contribution < 1.29 is 0 Å². The summed E-state index contributed by atoms with van der Waals surface area (Å²) in [5.74, 6) is 0. The van der Waals surface area contributed by atoms with Crippen molar-refractivity contribution >= 4 is 53.3 Å². The van der Waals surface area contributed by atoms with Gasteiger partial charge in [-0.2, -0.15) is 0 Å². The highest BCUT2D eigenvalue weighted by Crippen LogP contribution is 2.39. The topological polar surface area (TPSA) is 17.8 Å². The van der Waals surface area contributed by atoms with E-state index in [-0.39, 0.29) is 0 Å². The Morgan fingerprint density at radius 2 is 1.23 bits per heavy atom. The first-order valence-corrected chi connectivity index (χ1v) is 9.47. The van der Waals surface area contributed by atoms with Gasteiger partial charge in [0.25, 0.3) is 0 Å². The highest BCUT2D eigenvalue weighted by molar-refractivity contribution is 7.25. The van der Waals surface area contributed by atoms with E-state index in [0.717, 1.165) is 5.69 Å². The molecule has 2 nitrogen and oxygen atoms in total. The lowest BCUT2D eigenvalue weighted by molar-refractivity contribution is 1.17. The molecule has 0 radical (unpaired) electrons. The van der Waals surface area contributed by atoms with Crippen molar-refractivity contribution in [1.82, 2.24) is 9.55 Å². The molecule has 0 fully saturated rings. The van der Waals surface area contributed by atoms with Crippen molar-refractivity contribution in [2.45, 2.75) is 0 Å². The molecule has 26 heavy (non-hydrogen) atoms. The second kappa shape index (κ2) is 5.16. The molecule has 0 aliphatic heterocycles. The molecule has 0 atom stereocenters. The van der Waals surface area contributed by atoms with Gasteiger partial charge in [0.1, 0.15) is 0 Å². The van der Waals surface area contributed by atoms with E-state index in [4.69, 9.17) is 0 Å². The highest BCUT2D eigenvalue weighted by atomic mass is 32.1. The molecular formula is C23H14N2S. The van der Waals surface area contributed by atoms with Gasteiger partial charge in [0.05, 0.1) is 27.6 Å². The molecule has 0 aliphatic rings. The molecule has 0 aliphatic carbocycles. The van der Waals surface area contributed by atoms with E-state index >= 15 is 0 Å². The van der Waals surface area contributed by atoms with Crippen LogP contribution in [0.1, 0.15) is 0 Å². The third kappa shape index (κ3) is 1.78. The summed E-state index contributed by atoms with van der Waals surface area (Å²) in [6, 6.07) is 25.9. The van der Waals surface area contributed by atoms with Gasteiger partial charge in [0.2, 0.25) is 0 Å². The Morgan fingerprint density at radius 1 is 0.615 bits per heavy atom. The normalized spacial score (nSPS) is 11.8. The van der Waals surface area contributed by atoms with E-state index in [1.165, 1.54) is 42.0 Å². The number of benzene rings is 3. The fourth-order valence-electron chi connectivity index (χ4n) is 4.01. The monoisotopic (exact) mass is 350 g/mol. The smallest absolute Gasteiger partial charge is 0.0738 e. The van der Waals surface area contributed by atoms with Crippen molar-refractivity contribution in [3.05, 3.63) is 85.2 Å². The zero-order valence-electron chi connectivity index (χ0n) is 13.9. The number of nitrogens with zero attached hydrogens (tertiary/aromatic N) is 2. The minimum absolute atomic E-state index is 1.15. The summed E-state index contributed by atoms with van der Waals surface area (Å²) in [7, 11) is 0. The maximum atomic E-state index is 4.57. The van der Waals surface area contributed by atoms with Crippen molar-refractivity contribution in [3.63, 3.8) is 0 Å². The van der Waals surface area contributed by atoms with E-state index < -0.39 is 0 Å². The van der Waals surface area contributed by atoms with Crippen LogP contribution in [0.3, 0.4) is 0 Å². The molecule has 0 bridgehead atoms. The van der Waals surface area contributed by atoms with Gasteiger partial charge in [0.15, 0.2) is 0 Å². The first-order valence-electron chi connectivity index (χ1n) is 8.65. The molecule has 6 aromatic rings. The molecule has 0 spiro atoms. The molecule has 3 aromatic carbocycles. The van der Waals surface area contributed by atoms with Gasteiger partial charge in [-0.3, -0.25) is 4.98 Å². The molecule has 122 valence electrons. The lowest BCUT2D eigenvalue weighted by Crippen LogP contribution is -1.95. The van der Waals surface area contributed by atoms with Crippen LogP contribution < -0.4 is 0 Å². The summed E-state index contributed by atoms with van der Waals surface area (Å²) in [4.78, 5) is 4.57. The molecule has 0 N–H and O–H groups in total. The number of rotatable bonds is 1. The van der Waals surface area contributed by atoms with E-state index in [1.54, 1.807) is 0 Å². The molecule has 0 amide bonds. The fraction of sp³-hybridized carbons (Fsp3) is 0. The Kier molecular flexibility index (Phi) is 2.79. The molecule has 3 heterocycles. The van der Waals surface area contributed by atoms with Crippen LogP contribution in [-0.2, 0) is 0 Å². The Labute approximate surface area is 153 Å². The lowest BCUT2D eigenvalue weighted by atomic mass is 10.1. The second-order valence-electron chi connectivity index (χ2n) is 6.50. The molecule has 3 aromatic heterocycles. The molecule has 0 unspecified atom stereocenters. The van der Waals surface area contributed by atoms with Gasteiger partial charge in [-0.05, 0) is 18.2 Å². The average molecular weight is 350 g/mol. The minimum atomic E-state index is 1.15. The third-order valence-corrected chi connectivity index (χ3v) is 6.19. The zero-order chi connectivity index (χ0) is 17.1. The van der Waals surface area contributed by atoms with Crippen LogP contribution in [0.2, 0.25) is 0 Å². The predicted octanol–water partition coefficient (Wildman–Crippen LogP) is 6.55. The van der Waals surface area contributed by atoms with Crippen molar-refractivity contribution in [1.29, 1.82) is 0 Å². The second-order valence-corrected chi connectivity index (χ2v) is 7.58. The summed E-state index contributed by atoms with van der Waals surface area (Å²) in [5, 5.41) is 5.14. The average Bonchev–Trinajstić information content (AvgIpc) is 3.24. The molecule has 6 rings (SSSR count). The Bertz CT molecular complexity index is 1390. The van der Waals surface area contributed by atoms with Gasteiger partial charge in [0, 0.05) is 32.4 Å². The highest BCUT2D eigenvalue weighted by Gasteiger charge is 2.16. The number of aromatic nitrogens is 2. The van der Waals surface area contributed by atoms with Crippen LogP contribution in [-0.4, -0.2) is 9.55 Å². The Morgan fingerprint density at radius 3 is 1.96 bits per heavy atom. The number of para-hydroxylation sites is 2. The van der Waals surface area contributed by atoms with Crippen LogP contribution in [0, 0.1) is 0 Å². The Balaban J connectivity index is 1.87. The molecule has 0 saturated carbocycles. The van der Waals surface area contributed by atoms with Crippen LogP contribution in [0.4, 0.5) is 0 Å². The van der Waals surface area contributed by atoms with Crippen molar-refractivity contribution in [2.75, 3.05) is 0 Å². The van der Waals surface area contributed by atoms with Gasteiger partial charge >= 0.3 is 0 Å². The zero-order valence-corrected chi connectivity index (χ0v) is 14.7. The number of hydrogen-bond donors (Lipinski definition) is 0. The van der Waals surface area contributed by atoms with Crippen LogP contribution in [0.25, 0.3) is 47.7 Å². The summed E-state index contributed by atoms with van der Waals surface area (Å²) < 4.78 is 4.89. The largest absolute Gasteiger partial charge is 0.307 e. The SMILES string of the molecule is c1ccc2c(c1)sc1cncc(-n3c4ccccc4c4ccccc43)c12. The minimum Gasteiger partial charge on any atom is -0.307 e. The van der Waals surface area contributed by atoms with Gasteiger partial charge in [-0.1, -0.05) is 54.6 Å². The number of thiophene rings is 1. The summed E-state index contributed by atoms with van der Waals surface area (Å²) in [5.41, 5.74) is 3.59. The molecular weight excluding hydrogens is 336 g/mol.